The summed E-state index contributed by atoms with van der Waals surface area (Å²) in [4.78, 5) is 15.1. The van der Waals surface area contributed by atoms with Crippen molar-refractivity contribution < 1.29 is 17.9 Å². The second kappa shape index (κ2) is 10.4. The lowest BCUT2D eigenvalue weighted by Gasteiger charge is -2.26. The number of hydrogen-bond acceptors (Lipinski definition) is 5. The molecule has 0 atom stereocenters. The van der Waals surface area contributed by atoms with Gasteiger partial charge in [-0.25, -0.2) is 8.42 Å². The Morgan fingerprint density at radius 2 is 1.61 bits per heavy atom. The fourth-order valence-electron chi connectivity index (χ4n) is 3.48. The zero-order chi connectivity index (χ0) is 23.3. The molecule has 172 valence electrons. The molecule has 0 bridgehead atoms. The molecule has 1 fully saturated rings. The normalized spacial score (nSPS) is 14.6. The van der Waals surface area contributed by atoms with E-state index in [0.717, 1.165) is 38.4 Å². The third-order valence-corrected chi connectivity index (χ3v) is 6.87. The maximum absolute atomic E-state index is 12.7. The highest BCUT2D eigenvalue weighted by molar-refractivity contribution is 7.92. The number of carbonyl (C=O) groups excluding carboxylic acids is 1. The zero-order valence-electron chi connectivity index (χ0n) is 17.8. The van der Waals surface area contributed by atoms with Crippen molar-refractivity contribution in [2.45, 2.75) is 11.4 Å². The van der Waals surface area contributed by atoms with Crippen LogP contribution in [0.4, 0.5) is 11.4 Å². The molecular formula is C24H24ClN3O4S. The first kappa shape index (κ1) is 23.3. The molecule has 2 N–H and O–H groups in total. The van der Waals surface area contributed by atoms with Crippen molar-refractivity contribution in [3.63, 3.8) is 0 Å². The van der Waals surface area contributed by atoms with Crippen LogP contribution in [0.15, 0.2) is 77.7 Å². The molecule has 3 aromatic carbocycles. The van der Waals surface area contributed by atoms with E-state index in [1.165, 1.54) is 12.1 Å². The van der Waals surface area contributed by atoms with Crippen molar-refractivity contribution in [3.05, 3.63) is 88.9 Å². The zero-order valence-corrected chi connectivity index (χ0v) is 19.4. The Morgan fingerprint density at radius 3 is 2.30 bits per heavy atom. The summed E-state index contributed by atoms with van der Waals surface area (Å²) in [7, 11) is -3.76. The summed E-state index contributed by atoms with van der Waals surface area (Å²) in [6.07, 6.45) is 0. The third-order valence-electron chi connectivity index (χ3n) is 5.22. The number of hydrogen-bond donors (Lipinski definition) is 2. The van der Waals surface area contributed by atoms with E-state index in [9.17, 15) is 13.2 Å². The number of amides is 1. The molecule has 0 unspecified atom stereocenters. The summed E-state index contributed by atoms with van der Waals surface area (Å²) < 4.78 is 33.1. The fraction of sp³-hybridized carbons (Fsp3) is 0.208. The Kier molecular flexibility index (Phi) is 7.29. The molecule has 3 aromatic rings. The van der Waals surface area contributed by atoms with E-state index in [1.54, 1.807) is 42.5 Å². The Hall–Kier alpha value is -2.91. The minimum Gasteiger partial charge on any atom is -0.379 e. The number of morpholine rings is 1. The summed E-state index contributed by atoms with van der Waals surface area (Å²) in [5.41, 5.74) is 2.51. The lowest BCUT2D eigenvalue weighted by molar-refractivity contribution is 0.0342. The Balaban J connectivity index is 1.39. The molecule has 33 heavy (non-hydrogen) atoms. The lowest BCUT2D eigenvalue weighted by atomic mass is 10.1. The van der Waals surface area contributed by atoms with Gasteiger partial charge in [0.1, 0.15) is 0 Å². The topological polar surface area (TPSA) is 87.7 Å². The van der Waals surface area contributed by atoms with Crippen molar-refractivity contribution >= 4 is 38.9 Å². The Labute approximate surface area is 198 Å². The van der Waals surface area contributed by atoms with Crippen LogP contribution in [0.5, 0.6) is 0 Å². The number of benzene rings is 3. The quantitative estimate of drug-likeness (QED) is 0.523. The molecule has 9 heteroatoms. The molecular weight excluding hydrogens is 462 g/mol. The van der Waals surface area contributed by atoms with Crippen LogP contribution in [0.2, 0.25) is 5.02 Å². The van der Waals surface area contributed by atoms with E-state index >= 15 is 0 Å². The average Bonchev–Trinajstić information content (AvgIpc) is 2.82. The minimum atomic E-state index is -3.76. The van der Waals surface area contributed by atoms with Gasteiger partial charge in [-0.1, -0.05) is 23.7 Å². The number of nitrogens with zero attached hydrogens (tertiary/aromatic N) is 1. The highest BCUT2D eigenvalue weighted by atomic mass is 35.5. The first-order valence-corrected chi connectivity index (χ1v) is 12.3. The largest absolute Gasteiger partial charge is 0.379 e. The van der Waals surface area contributed by atoms with Crippen LogP contribution in [0.3, 0.4) is 0 Å². The second-order valence-corrected chi connectivity index (χ2v) is 9.80. The van der Waals surface area contributed by atoms with E-state index in [2.05, 4.69) is 14.9 Å². The van der Waals surface area contributed by atoms with Gasteiger partial charge in [-0.2, -0.15) is 0 Å². The minimum absolute atomic E-state index is 0.0861. The van der Waals surface area contributed by atoms with Gasteiger partial charge in [0.15, 0.2) is 0 Å². The smallest absolute Gasteiger partial charge is 0.261 e. The number of sulfonamides is 1. The Morgan fingerprint density at radius 1 is 0.939 bits per heavy atom. The average molecular weight is 486 g/mol. The van der Waals surface area contributed by atoms with Crippen molar-refractivity contribution in [3.8, 4) is 0 Å². The summed E-state index contributed by atoms with van der Waals surface area (Å²) in [6, 6.07) is 19.9. The van der Waals surface area contributed by atoms with Crippen molar-refractivity contribution in [2.75, 3.05) is 36.3 Å². The molecule has 1 saturated heterocycles. The van der Waals surface area contributed by atoms with Crippen LogP contribution >= 0.6 is 11.6 Å². The SMILES string of the molecule is O=C(Nc1ccc(S(=O)(=O)Nc2ccc(Cl)cc2)cc1)c1cccc(CN2CCOCC2)c1. The summed E-state index contributed by atoms with van der Waals surface area (Å²) >= 11 is 5.84. The molecule has 1 aliphatic heterocycles. The molecule has 1 heterocycles. The van der Waals surface area contributed by atoms with Gasteiger partial charge in [-0.3, -0.25) is 14.4 Å². The van der Waals surface area contributed by atoms with Crippen molar-refractivity contribution in [1.82, 2.24) is 4.90 Å². The second-order valence-electron chi connectivity index (χ2n) is 7.68. The molecule has 1 aliphatic rings. The lowest BCUT2D eigenvalue weighted by Crippen LogP contribution is -2.35. The number of ether oxygens (including phenoxy) is 1. The van der Waals surface area contributed by atoms with E-state index in [-0.39, 0.29) is 10.8 Å². The molecule has 0 saturated carbocycles. The van der Waals surface area contributed by atoms with E-state index in [1.807, 2.05) is 18.2 Å². The van der Waals surface area contributed by atoms with Gasteiger partial charge in [0.25, 0.3) is 15.9 Å². The van der Waals surface area contributed by atoms with Crippen molar-refractivity contribution in [2.24, 2.45) is 0 Å². The van der Waals surface area contributed by atoms with Gasteiger partial charge in [0, 0.05) is 41.6 Å². The Bertz CT molecular complexity index is 1210. The fourth-order valence-corrected chi connectivity index (χ4v) is 4.67. The van der Waals surface area contributed by atoms with Gasteiger partial charge >= 0.3 is 0 Å². The first-order chi connectivity index (χ1) is 15.9. The predicted molar refractivity (Wildman–Crippen MR) is 129 cm³/mol. The molecule has 0 aromatic heterocycles. The molecule has 4 rings (SSSR count). The number of carbonyl (C=O) groups is 1. The van der Waals surface area contributed by atoms with Gasteiger partial charge in [0.2, 0.25) is 0 Å². The van der Waals surface area contributed by atoms with Crippen LogP contribution in [-0.2, 0) is 21.3 Å². The predicted octanol–water partition coefficient (Wildman–Crippen LogP) is 4.23. The molecule has 0 radical (unpaired) electrons. The number of halogens is 1. The van der Waals surface area contributed by atoms with Crippen LogP contribution < -0.4 is 10.0 Å². The number of nitrogens with one attached hydrogen (secondary N) is 2. The van der Waals surface area contributed by atoms with Crippen LogP contribution in [0, 0.1) is 0 Å². The van der Waals surface area contributed by atoms with E-state index < -0.39 is 10.0 Å². The molecule has 0 aliphatic carbocycles. The van der Waals surface area contributed by atoms with Crippen LogP contribution in [-0.4, -0.2) is 45.5 Å². The standard InChI is InChI=1S/C24H24ClN3O4S/c25-20-4-6-22(7-5-20)27-33(30,31)23-10-8-21(9-11-23)26-24(29)19-3-1-2-18(16-19)17-28-12-14-32-15-13-28/h1-11,16,27H,12-15,17H2,(H,26,29). The highest BCUT2D eigenvalue weighted by Crippen LogP contribution is 2.20. The van der Waals surface area contributed by atoms with Crippen LogP contribution in [0.1, 0.15) is 15.9 Å². The molecule has 0 spiro atoms. The van der Waals surface area contributed by atoms with E-state index in [0.29, 0.717) is 22.0 Å². The van der Waals surface area contributed by atoms with Crippen LogP contribution in [0.25, 0.3) is 0 Å². The van der Waals surface area contributed by atoms with Gasteiger partial charge < -0.3 is 10.1 Å². The maximum atomic E-state index is 12.7. The first-order valence-electron chi connectivity index (χ1n) is 10.5. The molecule has 7 nitrogen and oxygen atoms in total. The van der Waals surface area contributed by atoms with Gasteiger partial charge in [0.05, 0.1) is 18.1 Å². The monoisotopic (exact) mass is 485 g/mol. The maximum Gasteiger partial charge on any atom is 0.261 e. The highest BCUT2D eigenvalue weighted by Gasteiger charge is 2.15. The third kappa shape index (κ3) is 6.33. The molecule has 1 amide bonds. The van der Waals surface area contributed by atoms with E-state index in [4.69, 9.17) is 16.3 Å². The van der Waals surface area contributed by atoms with Gasteiger partial charge in [-0.15, -0.1) is 0 Å². The number of anilines is 2. The number of rotatable bonds is 7. The summed E-state index contributed by atoms with van der Waals surface area (Å²) in [5.74, 6) is -0.256. The summed E-state index contributed by atoms with van der Waals surface area (Å²) in [5, 5.41) is 3.34. The summed E-state index contributed by atoms with van der Waals surface area (Å²) in [6.45, 7) is 3.96. The van der Waals surface area contributed by atoms with Gasteiger partial charge in [-0.05, 0) is 66.2 Å². The van der Waals surface area contributed by atoms with Crippen molar-refractivity contribution in [1.29, 1.82) is 0 Å².